The molecule has 1 aliphatic heterocycles. The van der Waals surface area contributed by atoms with Gasteiger partial charge in [0.05, 0.1) is 11.6 Å². The zero-order valence-corrected chi connectivity index (χ0v) is 16.7. The number of likely N-dealkylation sites (tertiary alicyclic amines) is 1. The van der Waals surface area contributed by atoms with Crippen LogP contribution in [0.1, 0.15) is 35.2 Å². The Hall–Kier alpha value is -3.73. The van der Waals surface area contributed by atoms with E-state index in [1.54, 1.807) is 24.5 Å². The molecule has 1 aromatic heterocycles. The molecule has 150 valence electrons. The minimum atomic E-state index is -0.676. The summed E-state index contributed by atoms with van der Waals surface area (Å²) in [5.74, 6) is -1.47. The van der Waals surface area contributed by atoms with E-state index in [2.05, 4.69) is 11.9 Å². The molecule has 1 unspecified atom stereocenters. The number of amides is 1. The Morgan fingerprint density at radius 3 is 2.23 bits per heavy atom. The Morgan fingerprint density at radius 2 is 1.60 bits per heavy atom. The average Bonchev–Trinajstić information content (AvgIpc) is 3.05. The summed E-state index contributed by atoms with van der Waals surface area (Å²) < 4.78 is 0. The van der Waals surface area contributed by atoms with Crippen LogP contribution in [0.5, 0.6) is 0 Å². The highest BCUT2D eigenvalue weighted by Crippen LogP contribution is 2.40. The minimum Gasteiger partial charge on any atom is -0.507 e. The van der Waals surface area contributed by atoms with Crippen LogP contribution in [0.15, 0.2) is 84.7 Å². The molecule has 2 aromatic carbocycles. The van der Waals surface area contributed by atoms with Gasteiger partial charge < -0.3 is 10.0 Å². The second-order valence-corrected chi connectivity index (χ2v) is 7.24. The van der Waals surface area contributed by atoms with Gasteiger partial charge in [0.25, 0.3) is 11.7 Å². The summed E-state index contributed by atoms with van der Waals surface area (Å²) in [4.78, 5) is 31.5. The third kappa shape index (κ3) is 3.62. The number of aryl methyl sites for hydroxylation is 1. The van der Waals surface area contributed by atoms with Gasteiger partial charge in [-0.2, -0.15) is 0 Å². The second-order valence-electron chi connectivity index (χ2n) is 7.24. The number of ketones is 1. The first kappa shape index (κ1) is 19.6. The number of pyridine rings is 1. The van der Waals surface area contributed by atoms with Gasteiger partial charge in [-0.05, 0) is 35.2 Å². The quantitative estimate of drug-likeness (QED) is 0.396. The molecular weight excluding hydrogens is 376 g/mol. The standard InChI is InChI=1S/C25H22N2O3/c1-2-17-8-10-19(11-9-17)22-21(23(28)20-12-14-26-15-13-20)24(29)25(30)27(22)16-18-6-4-3-5-7-18/h3-15,22,28H,2,16H2,1H3. The molecule has 1 amide bonds. The van der Waals surface area contributed by atoms with Crippen LogP contribution in [0.4, 0.5) is 0 Å². The molecule has 2 heterocycles. The molecule has 0 radical (unpaired) electrons. The monoisotopic (exact) mass is 398 g/mol. The van der Waals surface area contributed by atoms with E-state index in [0.29, 0.717) is 5.56 Å². The van der Waals surface area contributed by atoms with Crippen LogP contribution in [0.25, 0.3) is 5.76 Å². The van der Waals surface area contributed by atoms with Crippen LogP contribution in [-0.2, 0) is 22.6 Å². The van der Waals surface area contributed by atoms with E-state index in [1.807, 2.05) is 54.6 Å². The van der Waals surface area contributed by atoms with E-state index >= 15 is 0 Å². The maximum atomic E-state index is 13.0. The number of rotatable bonds is 5. The molecule has 4 rings (SSSR count). The Kier molecular flexibility index (Phi) is 5.44. The van der Waals surface area contributed by atoms with Crippen LogP contribution >= 0.6 is 0 Å². The third-order valence-corrected chi connectivity index (χ3v) is 5.39. The molecule has 1 saturated heterocycles. The zero-order valence-electron chi connectivity index (χ0n) is 16.7. The molecule has 1 fully saturated rings. The lowest BCUT2D eigenvalue weighted by Gasteiger charge is -2.25. The minimum absolute atomic E-state index is 0.103. The summed E-state index contributed by atoms with van der Waals surface area (Å²) in [7, 11) is 0. The van der Waals surface area contributed by atoms with E-state index in [9.17, 15) is 14.7 Å². The number of aliphatic hydroxyl groups is 1. The van der Waals surface area contributed by atoms with Gasteiger partial charge in [-0.1, -0.05) is 61.5 Å². The molecule has 1 atom stereocenters. The van der Waals surface area contributed by atoms with E-state index in [4.69, 9.17) is 0 Å². The Morgan fingerprint density at radius 1 is 0.933 bits per heavy atom. The number of aliphatic hydroxyl groups excluding tert-OH is 1. The summed E-state index contributed by atoms with van der Waals surface area (Å²) in [6, 6.07) is 19.9. The fourth-order valence-electron chi connectivity index (χ4n) is 3.77. The fraction of sp³-hybridized carbons (Fsp3) is 0.160. The van der Waals surface area contributed by atoms with Gasteiger partial charge in [-0.3, -0.25) is 14.6 Å². The van der Waals surface area contributed by atoms with Crippen LogP contribution in [0.3, 0.4) is 0 Å². The molecule has 3 aromatic rings. The Labute approximate surface area is 175 Å². The van der Waals surface area contributed by atoms with Crippen molar-refractivity contribution in [3.05, 3.63) is 107 Å². The number of hydrogen-bond acceptors (Lipinski definition) is 4. The summed E-state index contributed by atoms with van der Waals surface area (Å²) >= 11 is 0. The van der Waals surface area contributed by atoms with Crippen LogP contribution in [0.2, 0.25) is 0 Å². The lowest BCUT2D eigenvalue weighted by atomic mass is 9.94. The van der Waals surface area contributed by atoms with Gasteiger partial charge in [0.1, 0.15) is 5.76 Å². The number of carbonyl (C=O) groups excluding carboxylic acids is 2. The van der Waals surface area contributed by atoms with Crippen molar-refractivity contribution in [3.63, 3.8) is 0 Å². The van der Waals surface area contributed by atoms with E-state index in [1.165, 1.54) is 4.90 Å². The molecule has 0 bridgehead atoms. The van der Waals surface area contributed by atoms with Crippen molar-refractivity contribution in [2.24, 2.45) is 0 Å². The first-order valence-electron chi connectivity index (χ1n) is 9.91. The van der Waals surface area contributed by atoms with Gasteiger partial charge in [0, 0.05) is 24.5 Å². The number of carbonyl (C=O) groups is 2. The van der Waals surface area contributed by atoms with Crippen molar-refractivity contribution in [1.29, 1.82) is 0 Å². The van der Waals surface area contributed by atoms with Crippen molar-refractivity contribution >= 4 is 17.4 Å². The number of nitrogens with zero attached hydrogens (tertiary/aromatic N) is 2. The number of Topliss-reactive ketones (excluding diaryl/α,β-unsaturated/α-hetero) is 1. The highest BCUT2D eigenvalue weighted by molar-refractivity contribution is 6.46. The lowest BCUT2D eigenvalue weighted by Crippen LogP contribution is -2.29. The predicted molar refractivity (Wildman–Crippen MR) is 114 cm³/mol. The summed E-state index contributed by atoms with van der Waals surface area (Å²) in [6.45, 7) is 2.35. The van der Waals surface area contributed by atoms with E-state index in [0.717, 1.165) is 23.1 Å². The van der Waals surface area contributed by atoms with Crippen molar-refractivity contribution in [2.45, 2.75) is 25.9 Å². The van der Waals surface area contributed by atoms with Gasteiger partial charge in [0.2, 0.25) is 0 Å². The topological polar surface area (TPSA) is 70.5 Å². The Balaban J connectivity index is 1.85. The highest BCUT2D eigenvalue weighted by atomic mass is 16.3. The summed E-state index contributed by atoms with van der Waals surface area (Å²) in [6.07, 6.45) is 3.97. The van der Waals surface area contributed by atoms with Gasteiger partial charge in [-0.25, -0.2) is 0 Å². The van der Waals surface area contributed by atoms with E-state index < -0.39 is 17.7 Å². The number of hydrogen-bond donors (Lipinski definition) is 1. The first-order chi connectivity index (χ1) is 14.6. The molecular formula is C25H22N2O3. The highest BCUT2D eigenvalue weighted by Gasteiger charge is 2.46. The van der Waals surface area contributed by atoms with E-state index in [-0.39, 0.29) is 17.9 Å². The molecule has 0 aliphatic carbocycles. The van der Waals surface area contributed by atoms with Crippen molar-refractivity contribution in [3.8, 4) is 0 Å². The average molecular weight is 398 g/mol. The molecule has 5 heteroatoms. The number of aromatic nitrogens is 1. The molecule has 30 heavy (non-hydrogen) atoms. The van der Waals surface area contributed by atoms with Crippen molar-refractivity contribution in [2.75, 3.05) is 0 Å². The van der Waals surface area contributed by atoms with Crippen LogP contribution < -0.4 is 0 Å². The molecule has 1 aliphatic rings. The fourth-order valence-corrected chi connectivity index (χ4v) is 3.77. The molecule has 0 saturated carbocycles. The molecule has 5 nitrogen and oxygen atoms in total. The Bertz CT molecular complexity index is 1090. The SMILES string of the molecule is CCc1ccc(C2C(=C(O)c3ccncc3)C(=O)C(=O)N2Cc2ccccc2)cc1. The van der Waals surface area contributed by atoms with Gasteiger partial charge in [-0.15, -0.1) is 0 Å². The summed E-state index contributed by atoms with van der Waals surface area (Å²) in [5.41, 5.74) is 3.42. The van der Waals surface area contributed by atoms with Crippen molar-refractivity contribution < 1.29 is 14.7 Å². The number of benzene rings is 2. The maximum absolute atomic E-state index is 13.0. The molecule has 1 N–H and O–H groups in total. The van der Waals surface area contributed by atoms with Crippen LogP contribution in [0, 0.1) is 0 Å². The predicted octanol–water partition coefficient (Wildman–Crippen LogP) is 4.27. The zero-order chi connectivity index (χ0) is 21.1. The van der Waals surface area contributed by atoms with Gasteiger partial charge >= 0.3 is 0 Å². The normalized spacial score (nSPS) is 18.0. The van der Waals surface area contributed by atoms with Crippen molar-refractivity contribution in [1.82, 2.24) is 9.88 Å². The van der Waals surface area contributed by atoms with Crippen LogP contribution in [-0.4, -0.2) is 26.7 Å². The largest absolute Gasteiger partial charge is 0.507 e. The molecule has 0 spiro atoms. The first-order valence-corrected chi connectivity index (χ1v) is 9.91. The second kappa shape index (κ2) is 8.33. The lowest BCUT2D eigenvalue weighted by molar-refractivity contribution is -0.140. The smallest absolute Gasteiger partial charge is 0.295 e. The third-order valence-electron chi connectivity index (χ3n) is 5.39. The van der Waals surface area contributed by atoms with Gasteiger partial charge in [0.15, 0.2) is 0 Å². The maximum Gasteiger partial charge on any atom is 0.295 e. The summed E-state index contributed by atoms with van der Waals surface area (Å²) in [5, 5.41) is 11.0.